The van der Waals surface area contributed by atoms with Gasteiger partial charge in [0.1, 0.15) is 18.0 Å². The van der Waals surface area contributed by atoms with Gasteiger partial charge in [-0.2, -0.15) is 9.49 Å². The molecule has 2 N–H and O–H groups in total. The third-order valence-corrected chi connectivity index (χ3v) is 2.08. The number of H-pyrrole nitrogens is 1. The van der Waals surface area contributed by atoms with Gasteiger partial charge in [0.15, 0.2) is 0 Å². The van der Waals surface area contributed by atoms with Crippen LogP contribution in [0.3, 0.4) is 0 Å². The van der Waals surface area contributed by atoms with Gasteiger partial charge < -0.3 is 5.32 Å². The van der Waals surface area contributed by atoms with E-state index in [-0.39, 0.29) is 0 Å². The van der Waals surface area contributed by atoms with Crippen molar-refractivity contribution in [3.8, 4) is 0 Å². The standard InChI is InChI=1S/C10H12FN5/c11-8-3-1-4-9(15-8)12-6-2-5-10-13-7-14-16-10/h1,3-4,7H,2,5-6H2,(H,12,15)(H,13,14,16). The third-order valence-electron chi connectivity index (χ3n) is 2.08. The molecule has 0 amide bonds. The van der Waals surface area contributed by atoms with E-state index >= 15 is 0 Å². The molecule has 16 heavy (non-hydrogen) atoms. The molecular formula is C10H12FN5. The highest BCUT2D eigenvalue weighted by molar-refractivity contribution is 5.33. The summed E-state index contributed by atoms with van der Waals surface area (Å²) < 4.78 is 12.7. The molecule has 0 unspecified atom stereocenters. The highest BCUT2D eigenvalue weighted by Crippen LogP contribution is 2.03. The summed E-state index contributed by atoms with van der Waals surface area (Å²) in [6.45, 7) is 0.719. The fraction of sp³-hybridized carbons (Fsp3) is 0.300. The van der Waals surface area contributed by atoms with Crippen molar-refractivity contribution in [2.45, 2.75) is 12.8 Å². The number of halogens is 1. The van der Waals surface area contributed by atoms with Crippen LogP contribution in [-0.2, 0) is 6.42 Å². The zero-order valence-electron chi connectivity index (χ0n) is 8.65. The van der Waals surface area contributed by atoms with Gasteiger partial charge in [0.2, 0.25) is 5.95 Å². The van der Waals surface area contributed by atoms with Gasteiger partial charge >= 0.3 is 0 Å². The average molecular weight is 221 g/mol. The molecule has 0 saturated heterocycles. The summed E-state index contributed by atoms with van der Waals surface area (Å²) in [7, 11) is 0. The van der Waals surface area contributed by atoms with Crippen molar-refractivity contribution >= 4 is 5.82 Å². The highest BCUT2D eigenvalue weighted by atomic mass is 19.1. The van der Waals surface area contributed by atoms with Crippen LogP contribution < -0.4 is 5.32 Å². The van der Waals surface area contributed by atoms with Gasteiger partial charge in [-0.15, -0.1) is 0 Å². The first-order valence-corrected chi connectivity index (χ1v) is 5.05. The van der Waals surface area contributed by atoms with Crippen molar-refractivity contribution < 1.29 is 4.39 Å². The molecule has 6 heteroatoms. The van der Waals surface area contributed by atoms with Crippen molar-refractivity contribution in [2.75, 3.05) is 11.9 Å². The van der Waals surface area contributed by atoms with Gasteiger partial charge in [-0.1, -0.05) is 6.07 Å². The molecule has 0 fully saturated rings. The van der Waals surface area contributed by atoms with E-state index in [2.05, 4.69) is 25.5 Å². The lowest BCUT2D eigenvalue weighted by atomic mass is 10.3. The Morgan fingerprint density at radius 1 is 1.38 bits per heavy atom. The van der Waals surface area contributed by atoms with E-state index in [0.717, 1.165) is 25.2 Å². The van der Waals surface area contributed by atoms with Crippen molar-refractivity contribution in [3.63, 3.8) is 0 Å². The molecule has 0 aromatic carbocycles. The maximum atomic E-state index is 12.7. The zero-order chi connectivity index (χ0) is 11.2. The smallest absolute Gasteiger partial charge is 0.214 e. The van der Waals surface area contributed by atoms with Crippen LogP contribution in [0, 0.1) is 5.95 Å². The lowest BCUT2D eigenvalue weighted by Crippen LogP contribution is -2.05. The first-order valence-electron chi connectivity index (χ1n) is 5.05. The number of aromatic nitrogens is 4. The molecule has 0 radical (unpaired) electrons. The minimum atomic E-state index is -0.472. The van der Waals surface area contributed by atoms with Gasteiger partial charge in [0.05, 0.1) is 0 Å². The fourth-order valence-electron chi connectivity index (χ4n) is 1.33. The molecule has 2 rings (SSSR count). The minimum absolute atomic E-state index is 0.472. The molecular weight excluding hydrogens is 209 g/mol. The van der Waals surface area contributed by atoms with E-state index in [0.29, 0.717) is 5.82 Å². The van der Waals surface area contributed by atoms with E-state index in [1.54, 1.807) is 12.1 Å². The van der Waals surface area contributed by atoms with E-state index in [9.17, 15) is 4.39 Å². The molecule has 0 bridgehead atoms. The third kappa shape index (κ3) is 3.01. The SMILES string of the molecule is Fc1cccc(NCCCc2ncn[nH]2)n1. The molecule has 0 atom stereocenters. The molecule has 0 aliphatic carbocycles. The van der Waals surface area contributed by atoms with Crippen LogP contribution in [0.2, 0.25) is 0 Å². The number of aromatic amines is 1. The molecule has 5 nitrogen and oxygen atoms in total. The zero-order valence-corrected chi connectivity index (χ0v) is 8.65. The van der Waals surface area contributed by atoms with Crippen LogP contribution in [0.15, 0.2) is 24.5 Å². The highest BCUT2D eigenvalue weighted by Gasteiger charge is 1.97. The Bertz CT molecular complexity index is 429. The van der Waals surface area contributed by atoms with Crippen LogP contribution in [0.4, 0.5) is 10.2 Å². The number of nitrogens with zero attached hydrogens (tertiary/aromatic N) is 3. The molecule has 84 valence electrons. The Hall–Kier alpha value is -1.98. The Morgan fingerprint density at radius 2 is 2.31 bits per heavy atom. The maximum absolute atomic E-state index is 12.7. The van der Waals surface area contributed by atoms with Crippen LogP contribution in [0.1, 0.15) is 12.2 Å². The van der Waals surface area contributed by atoms with Gasteiger partial charge in [0.25, 0.3) is 0 Å². The lowest BCUT2D eigenvalue weighted by molar-refractivity contribution is 0.585. The van der Waals surface area contributed by atoms with E-state index in [1.165, 1.54) is 12.4 Å². The van der Waals surface area contributed by atoms with Crippen LogP contribution in [0.5, 0.6) is 0 Å². The summed E-state index contributed by atoms with van der Waals surface area (Å²) in [6.07, 6.45) is 3.17. The molecule has 2 heterocycles. The molecule has 2 aromatic heterocycles. The number of hydrogen-bond donors (Lipinski definition) is 2. The summed E-state index contributed by atoms with van der Waals surface area (Å²) in [4.78, 5) is 7.70. The number of rotatable bonds is 5. The summed E-state index contributed by atoms with van der Waals surface area (Å²) >= 11 is 0. The van der Waals surface area contributed by atoms with Gasteiger partial charge in [-0.05, 0) is 18.6 Å². The van der Waals surface area contributed by atoms with Crippen molar-refractivity contribution in [2.24, 2.45) is 0 Å². The number of pyridine rings is 1. The summed E-state index contributed by atoms with van der Waals surface area (Å²) in [6, 6.07) is 4.68. The number of anilines is 1. The largest absolute Gasteiger partial charge is 0.370 e. The van der Waals surface area contributed by atoms with E-state index in [1.807, 2.05) is 0 Å². The molecule has 2 aromatic rings. The molecule has 0 aliphatic heterocycles. The fourth-order valence-corrected chi connectivity index (χ4v) is 1.33. The van der Waals surface area contributed by atoms with Crippen LogP contribution in [-0.4, -0.2) is 26.7 Å². The quantitative estimate of drug-likeness (QED) is 0.591. The van der Waals surface area contributed by atoms with Gasteiger partial charge in [-0.3, -0.25) is 5.10 Å². The predicted octanol–water partition coefficient (Wildman–Crippen LogP) is 1.38. The van der Waals surface area contributed by atoms with Crippen LogP contribution in [0.25, 0.3) is 0 Å². The van der Waals surface area contributed by atoms with Crippen molar-refractivity contribution in [3.05, 3.63) is 36.3 Å². The van der Waals surface area contributed by atoms with Crippen molar-refractivity contribution in [1.29, 1.82) is 0 Å². The Balaban J connectivity index is 1.72. The van der Waals surface area contributed by atoms with Crippen LogP contribution >= 0.6 is 0 Å². The topological polar surface area (TPSA) is 66.5 Å². The second kappa shape index (κ2) is 5.20. The average Bonchev–Trinajstić information content (AvgIpc) is 2.77. The Labute approximate surface area is 92.1 Å². The number of nitrogens with one attached hydrogen (secondary N) is 2. The first-order chi connectivity index (χ1) is 7.84. The summed E-state index contributed by atoms with van der Waals surface area (Å²) in [5, 5.41) is 9.57. The Kier molecular flexibility index (Phi) is 3.42. The summed E-state index contributed by atoms with van der Waals surface area (Å²) in [5.41, 5.74) is 0. The van der Waals surface area contributed by atoms with Crippen molar-refractivity contribution in [1.82, 2.24) is 20.2 Å². The first kappa shape index (κ1) is 10.5. The van der Waals surface area contributed by atoms with E-state index < -0.39 is 5.95 Å². The predicted molar refractivity (Wildman–Crippen MR) is 57.4 cm³/mol. The van der Waals surface area contributed by atoms with Gasteiger partial charge in [-0.25, -0.2) is 9.97 Å². The minimum Gasteiger partial charge on any atom is -0.370 e. The Morgan fingerprint density at radius 3 is 3.06 bits per heavy atom. The monoisotopic (exact) mass is 221 g/mol. The van der Waals surface area contributed by atoms with Gasteiger partial charge in [0, 0.05) is 13.0 Å². The lowest BCUT2D eigenvalue weighted by Gasteiger charge is -2.03. The molecule has 0 saturated carbocycles. The maximum Gasteiger partial charge on any atom is 0.214 e. The summed E-state index contributed by atoms with van der Waals surface area (Å²) in [5.74, 6) is 0.937. The second-order valence-corrected chi connectivity index (χ2v) is 3.31. The molecule has 0 aliphatic rings. The second-order valence-electron chi connectivity index (χ2n) is 3.31. The molecule has 0 spiro atoms. The number of aryl methyl sites for hydroxylation is 1. The van der Waals surface area contributed by atoms with E-state index in [4.69, 9.17) is 0 Å². The normalized spacial score (nSPS) is 10.3. The number of hydrogen-bond acceptors (Lipinski definition) is 4.